The summed E-state index contributed by atoms with van der Waals surface area (Å²) in [5.41, 5.74) is 1.30. The minimum Gasteiger partial charge on any atom is -0.352 e. The maximum absolute atomic E-state index is 13.9. The summed E-state index contributed by atoms with van der Waals surface area (Å²) in [7, 11) is 0. The Morgan fingerprint density at radius 3 is 2.47 bits per heavy atom. The summed E-state index contributed by atoms with van der Waals surface area (Å²) in [5, 5.41) is 3.25. The number of ketones is 2. The summed E-state index contributed by atoms with van der Waals surface area (Å²) in [6.07, 6.45) is 8.33. The topological polar surface area (TPSA) is 63.2 Å². The average Bonchev–Trinajstić information content (AvgIpc) is 3.07. The number of carbonyl (C=O) groups excluding carboxylic acids is 3. The second kappa shape index (κ2) is 8.80. The molecule has 1 saturated heterocycles. The molecule has 170 valence electrons. The first-order chi connectivity index (χ1) is 15.3. The average molecular weight is 434 g/mol. The number of benzene rings is 1. The van der Waals surface area contributed by atoms with Gasteiger partial charge in [0.25, 0.3) is 0 Å². The molecule has 2 aliphatic carbocycles. The van der Waals surface area contributed by atoms with Crippen molar-refractivity contribution in [1.82, 2.24) is 5.32 Å². The lowest BCUT2D eigenvalue weighted by atomic mass is 9.54. The van der Waals surface area contributed by atoms with Crippen LogP contribution < -0.4 is 5.32 Å². The molecule has 0 aromatic heterocycles. The van der Waals surface area contributed by atoms with Crippen LogP contribution in [0.4, 0.5) is 0 Å². The fourth-order valence-corrected chi connectivity index (χ4v) is 6.29. The van der Waals surface area contributed by atoms with Crippen molar-refractivity contribution in [3.8, 4) is 0 Å². The van der Waals surface area contributed by atoms with E-state index in [1.54, 1.807) is 0 Å². The molecule has 1 spiro atoms. The number of rotatable bonds is 2. The standard InChI is InChI=1S/C28H35NO3/c1-17-9-8-12-22-15-19(3)20(4)25-23(16-21-10-6-5-7-11-21)29-27(32)28(22,25)24(30)14-13-18(2)26(17)31/h5-8,10-12,15,17-18,20,22-23,25H,9,13-14,16H2,1-4H3,(H,29,32)/b12-8+/t17-,18-,20+,22-,23-,25-,28+/m0/s1. The lowest BCUT2D eigenvalue weighted by molar-refractivity contribution is -0.145. The Hall–Kier alpha value is -2.49. The number of hydrogen-bond acceptors (Lipinski definition) is 3. The zero-order valence-electron chi connectivity index (χ0n) is 19.6. The van der Waals surface area contributed by atoms with E-state index in [0.717, 1.165) is 0 Å². The SMILES string of the molecule is CC1=C[C@@H]2/C=C/C[C@H](C)C(=O)[C@@H](C)CCC(=O)[C@]23C(=O)N[C@@H](Cc2ccccc2)[C@@H]3[C@@H]1C. The van der Waals surface area contributed by atoms with E-state index >= 15 is 0 Å². The summed E-state index contributed by atoms with van der Waals surface area (Å²) < 4.78 is 0. The molecule has 4 nitrogen and oxygen atoms in total. The predicted octanol–water partition coefficient (Wildman–Crippen LogP) is 4.69. The fraction of sp³-hybridized carbons (Fsp3) is 0.536. The van der Waals surface area contributed by atoms with E-state index in [2.05, 4.69) is 37.4 Å². The van der Waals surface area contributed by atoms with Crippen molar-refractivity contribution in [3.63, 3.8) is 0 Å². The highest BCUT2D eigenvalue weighted by Gasteiger charge is 2.64. The van der Waals surface area contributed by atoms with Crippen molar-refractivity contribution >= 4 is 17.5 Å². The molecular weight excluding hydrogens is 398 g/mol. The predicted molar refractivity (Wildman–Crippen MR) is 126 cm³/mol. The van der Waals surface area contributed by atoms with Gasteiger partial charge < -0.3 is 5.32 Å². The molecule has 1 aliphatic heterocycles. The number of allylic oxidation sites excluding steroid dienone is 4. The molecule has 7 atom stereocenters. The van der Waals surface area contributed by atoms with Crippen LogP contribution in [0.25, 0.3) is 0 Å². The van der Waals surface area contributed by atoms with Crippen LogP contribution in [0.5, 0.6) is 0 Å². The summed E-state index contributed by atoms with van der Waals surface area (Å²) in [4.78, 5) is 40.4. The van der Waals surface area contributed by atoms with E-state index in [1.807, 2.05) is 44.2 Å². The van der Waals surface area contributed by atoms with Gasteiger partial charge in [0.15, 0.2) is 0 Å². The highest BCUT2D eigenvalue weighted by molar-refractivity contribution is 6.09. The lowest BCUT2D eigenvalue weighted by Crippen LogP contribution is -2.52. The number of amides is 1. The van der Waals surface area contributed by atoms with Gasteiger partial charge in [-0.05, 0) is 37.7 Å². The summed E-state index contributed by atoms with van der Waals surface area (Å²) in [5.74, 6) is -0.425. The van der Waals surface area contributed by atoms with E-state index in [1.165, 1.54) is 11.1 Å². The zero-order chi connectivity index (χ0) is 23.0. The normalized spacial score (nSPS) is 38.8. The van der Waals surface area contributed by atoms with Gasteiger partial charge in [-0.25, -0.2) is 0 Å². The van der Waals surface area contributed by atoms with Gasteiger partial charge in [-0.15, -0.1) is 0 Å². The van der Waals surface area contributed by atoms with Gasteiger partial charge in [-0.2, -0.15) is 0 Å². The molecule has 1 aromatic rings. The Balaban J connectivity index is 1.79. The Bertz CT molecular complexity index is 962. The van der Waals surface area contributed by atoms with Crippen LogP contribution in [0.2, 0.25) is 0 Å². The van der Waals surface area contributed by atoms with Crippen LogP contribution in [0.3, 0.4) is 0 Å². The molecule has 1 aromatic carbocycles. The summed E-state index contributed by atoms with van der Waals surface area (Å²) in [6.45, 7) is 8.15. The van der Waals surface area contributed by atoms with Crippen molar-refractivity contribution < 1.29 is 14.4 Å². The molecule has 0 radical (unpaired) electrons. The molecular formula is C28H35NO3. The largest absolute Gasteiger partial charge is 0.352 e. The molecule has 4 rings (SSSR count). The van der Waals surface area contributed by atoms with Gasteiger partial charge in [-0.3, -0.25) is 14.4 Å². The van der Waals surface area contributed by atoms with E-state index in [0.29, 0.717) is 19.3 Å². The molecule has 1 fully saturated rings. The van der Waals surface area contributed by atoms with E-state index in [-0.39, 0.29) is 59.5 Å². The highest BCUT2D eigenvalue weighted by Crippen LogP contribution is 2.55. The first kappa shape index (κ1) is 22.7. The van der Waals surface area contributed by atoms with Crippen LogP contribution in [0, 0.1) is 35.0 Å². The van der Waals surface area contributed by atoms with Crippen LogP contribution in [0.15, 0.2) is 54.1 Å². The van der Waals surface area contributed by atoms with Crippen molar-refractivity contribution in [1.29, 1.82) is 0 Å². The highest BCUT2D eigenvalue weighted by atomic mass is 16.2. The van der Waals surface area contributed by atoms with Crippen molar-refractivity contribution in [2.24, 2.45) is 35.0 Å². The Morgan fingerprint density at radius 2 is 1.75 bits per heavy atom. The van der Waals surface area contributed by atoms with Gasteiger partial charge >= 0.3 is 0 Å². The second-order valence-electron chi connectivity index (χ2n) is 10.2. The van der Waals surface area contributed by atoms with Crippen LogP contribution in [0.1, 0.15) is 52.5 Å². The third-order valence-electron chi connectivity index (χ3n) is 8.25. The number of hydrogen-bond donors (Lipinski definition) is 1. The Kier molecular flexibility index (Phi) is 6.24. The first-order valence-electron chi connectivity index (χ1n) is 12.0. The molecule has 0 bridgehead atoms. The molecule has 1 N–H and O–H groups in total. The molecule has 0 saturated carbocycles. The third-order valence-corrected chi connectivity index (χ3v) is 8.25. The maximum atomic E-state index is 13.9. The molecule has 3 aliphatic rings. The molecule has 4 heteroatoms. The van der Waals surface area contributed by atoms with E-state index < -0.39 is 5.41 Å². The van der Waals surface area contributed by atoms with Crippen LogP contribution in [-0.2, 0) is 20.8 Å². The van der Waals surface area contributed by atoms with Gasteiger partial charge in [-0.1, -0.05) is 74.9 Å². The zero-order valence-corrected chi connectivity index (χ0v) is 19.6. The maximum Gasteiger partial charge on any atom is 0.235 e. The minimum atomic E-state index is -1.09. The van der Waals surface area contributed by atoms with Gasteiger partial charge in [0.05, 0.1) is 0 Å². The number of carbonyl (C=O) groups is 3. The molecule has 1 amide bonds. The first-order valence-corrected chi connectivity index (χ1v) is 12.0. The number of Topliss-reactive ketones (excluding diaryl/α,β-unsaturated/α-hetero) is 2. The van der Waals surface area contributed by atoms with Gasteiger partial charge in [0, 0.05) is 36.1 Å². The second-order valence-corrected chi connectivity index (χ2v) is 10.2. The Labute approximate surface area is 191 Å². The number of nitrogens with one attached hydrogen (secondary N) is 1. The van der Waals surface area contributed by atoms with Crippen molar-refractivity contribution in [2.45, 2.75) is 59.4 Å². The summed E-state index contributed by atoms with van der Waals surface area (Å²) in [6, 6.07) is 10.1. The van der Waals surface area contributed by atoms with Crippen molar-refractivity contribution in [2.75, 3.05) is 0 Å². The van der Waals surface area contributed by atoms with Gasteiger partial charge in [0.1, 0.15) is 17.0 Å². The lowest BCUT2D eigenvalue weighted by Gasteiger charge is -2.44. The quantitative estimate of drug-likeness (QED) is 0.543. The molecule has 1 heterocycles. The monoisotopic (exact) mass is 433 g/mol. The smallest absolute Gasteiger partial charge is 0.235 e. The molecule has 32 heavy (non-hydrogen) atoms. The Morgan fingerprint density at radius 1 is 1.03 bits per heavy atom. The minimum absolute atomic E-state index is 0.00462. The van der Waals surface area contributed by atoms with E-state index in [9.17, 15) is 14.4 Å². The summed E-state index contributed by atoms with van der Waals surface area (Å²) >= 11 is 0. The van der Waals surface area contributed by atoms with Crippen molar-refractivity contribution in [3.05, 3.63) is 59.7 Å². The van der Waals surface area contributed by atoms with Crippen LogP contribution >= 0.6 is 0 Å². The fourth-order valence-electron chi connectivity index (χ4n) is 6.29. The third kappa shape index (κ3) is 3.68. The van der Waals surface area contributed by atoms with Gasteiger partial charge in [0.2, 0.25) is 5.91 Å². The molecule has 0 unspecified atom stereocenters. The van der Waals surface area contributed by atoms with E-state index in [4.69, 9.17) is 0 Å². The van der Waals surface area contributed by atoms with Crippen LogP contribution in [-0.4, -0.2) is 23.5 Å².